The van der Waals surface area contributed by atoms with Crippen molar-refractivity contribution in [2.75, 3.05) is 0 Å². The van der Waals surface area contributed by atoms with Gasteiger partial charge in [0, 0.05) is 0 Å². The lowest BCUT2D eigenvalue weighted by Gasteiger charge is -2.02. The first-order chi connectivity index (χ1) is 4.20. The number of alkyl halides is 1. The maximum Gasteiger partial charge on any atom is 0.320 e. The van der Waals surface area contributed by atoms with Gasteiger partial charge in [-0.3, -0.25) is 10.1 Å². The van der Waals surface area contributed by atoms with Crippen LogP contribution in [0.4, 0.5) is 0 Å². The topological polar surface area (TPSA) is 49.3 Å². The number of carbonyl (C=O) groups is 1. The van der Waals surface area contributed by atoms with Gasteiger partial charge < -0.3 is 5.11 Å². The molecule has 1 rings (SSSR count). The molecule has 1 heterocycles. The Balaban J connectivity index is 2.39. The molecule has 0 amide bonds. The molecule has 9 heavy (non-hydrogen) atoms. The molecule has 2 N–H and O–H groups in total. The van der Waals surface area contributed by atoms with Gasteiger partial charge in [-0.15, -0.1) is 0 Å². The molecule has 1 aliphatic heterocycles. The number of halogens is 1. The van der Waals surface area contributed by atoms with Crippen molar-refractivity contribution in [3.8, 4) is 0 Å². The Morgan fingerprint density at radius 1 is 1.67 bits per heavy atom. The first-order valence-electron chi connectivity index (χ1n) is 2.83. The molecule has 2 unspecified atom stereocenters. The Bertz CT molecular complexity index is 128. The van der Waals surface area contributed by atoms with Crippen LogP contribution in [-0.2, 0) is 4.79 Å². The number of hydrogen-bond donors (Lipinski definition) is 2. The summed E-state index contributed by atoms with van der Waals surface area (Å²) in [5.41, 5.74) is 0. The normalized spacial score (nSPS) is 34.8. The third-order valence-corrected chi connectivity index (χ3v) is 2.37. The van der Waals surface area contributed by atoms with E-state index >= 15 is 0 Å². The van der Waals surface area contributed by atoms with Crippen molar-refractivity contribution >= 4 is 28.6 Å². The van der Waals surface area contributed by atoms with E-state index in [4.69, 9.17) is 5.11 Å². The van der Waals surface area contributed by atoms with Crippen LogP contribution in [0.5, 0.6) is 0 Å². The molecule has 2 atom stereocenters. The van der Waals surface area contributed by atoms with E-state index in [-0.39, 0.29) is 6.04 Å². The molecule has 0 spiro atoms. The average Bonchev–Trinajstić information content (AvgIpc) is 2.14. The Labute approximate surface area is 67.0 Å². The number of aliphatic carboxylic acids is 1. The lowest BCUT2D eigenvalue weighted by Crippen LogP contribution is -2.32. The molecule has 0 aromatic carbocycles. The molecule has 1 saturated heterocycles. The van der Waals surface area contributed by atoms with Gasteiger partial charge in [-0.2, -0.15) is 0 Å². The molecule has 1 fully saturated rings. The maximum atomic E-state index is 10.3. The molecule has 0 aliphatic carbocycles. The summed E-state index contributed by atoms with van der Waals surface area (Å²) < 4.78 is 0.351. The summed E-state index contributed by atoms with van der Waals surface area (Å²) in [6.07, 6.45) is 1.74. The van der Waals surface area contributed by atoms with E-state index < -0.39 is 5.97 Å². The first-order valence-corrected chi connectivity index (χ1v) is 4.07. The maximum absolute atomic E-state index is 10.3. The highest BCUT2D eigenvalue weighted by atomic mass is 127. The van der Waals surface area contributed by atoms with Crippen LogP contribution in [0.25, 0.3) is 0 Å². The molecule has 0 aromatic rings. The summed E-state index contributed by atoms with van der Waals surface area (Å²) in [5, 5.41) is 11.4. The number of carboxylic acids is 1. The molecule has 0 saturated carbocycles. The monoisotopic (exact) mass is 241 g/mol. The Morgan fingerprint density at radius 2 is 2.33 bits per heavy atom. The van der Waals surface area contributed by atoms with Gasteiger partial charge in [0.25, 0.3) is 0 Å². The summed E-state index contributed by atoms with van der Waals surface area (Å²) in [4.78, 5) is 10.3. The zero-order chi connectivity index (χ0) is 6.85. The molecule has 52 valence electrons. The fraction of sp³-hybridized carbons (Fsp3) is 0.800. The van der Waals surface area contributed by atoms with Gasteiger partial charge >= 0.3 is 5.97 Å². The van der Waals surface area contributed by atoms with Crippen molar-refractivity contribution in [2.45, 2.75) is 22.9 Å². The molecule has 0 bridgehead atoms. The van der Waals surface area contributed by atoms with Gasteiger partial charge in [-0.25, -0.2) is 0 Å². The minimum absolute atomic E-state index is 0.299. The smallest absolute Gasteiger partial charge is 0.320 e. The van der Waals surface area contributed by atoms with Crippen LogP contribution in [0, 0.1) is 0 Å². The molecule has 0 aromatic heterocycles. The van der Waals surface area contributed by atoms with Crippen molar-refractivity contribution < 1.29 is 9.90 Å². The fourth-order valence-electron chi connectivity index (χ4n) is 0.893. The van der Waals surface area contributed by atoms with Gasteiger partial charge in [0.1, 0.15) is 6.04 Å². The molecular weight excluding hydrogens is 233 g/mol. The van der Waals surface area contributed by atoms with Gasteiger partial charge in [0.05, 0.1) is 4.05 Å². The van der Waals surface area contributed by atoms with E-state index in [1.54, 1.807) is 0 Å². The number of nitrogens with one attached hydrogen (secondary N) is 1. The summed E-state index contributed by atoms with van der Waals surface area (Å²) in [6, 6.07) is -0.299. The predicted molar refractivity (Wildman–Crippen MR) is 41.6 cm³/mol. The second-order valence-corrected chi connectivity index (χ2v) is 3.61. The van der Waals surface area contributed by atoms with E-state index in [2.05, 4.69) is 27.9 Å². The van der Waals surface area contributed by atoms with Crippen molar-refractivity contribution in [1.29, 1.82) is 0 Å². The van der Waals surface area contributed by atoms with E-state index in [0.717, 1.165) is 12.8 Å². The molecule has 0 radical (unpaired) electrons. The Hall–Kier alpha value is 0.160. The van der Waals surface area contributed by atoms with Crippen LogP contribution < -0.4 is 5.32 Å². The third kappa shape index (κ3) is 1.79. The van der Waals surface area contributed by atoms with Crippen LogP contribution in [0.2, 0.25) is 0 Å². The van der Waals surface area contributed by atoms with Crippen molar-refractivity contribution in [2.24, 2.45) is 0 Å². The van der Waals surface area contributed by atoms with Gasteiger partial charge in [-0.1, -0.05) is 22.6 Å². The van der Waals surface area contributed by atoms with Crippen LogP contribution in [0.1, 0.15) is 12.8 Å². The summed E-state index contributed by atoms with van der Waals surface area (Å²) >= 11 is 2.21. The highest BCUT2D eigenvalue weighted by Crippen LogP contribution is 2.16. The van der Waals surface area contributed by atoms with Crippen LogP contribution in [-0.4, -0.2) is 21.2 Å². The fourth-order valence-corrected chi connectivity index (χ4v) is 1.69. The quantitative estimate of drug-likeness (QED) is 0.401. The highest BCUT2D eigenvalue weighted by Gasteiger charge is 2.26. The Kier molecular flexibility index (Phi) is 2.29. The third-order valence-electron chi connectivity index (χ3n) is 1.39. The second kappa shape index (κ2) is 2.83. The molecular formula is C5H8INO2. The average molecular weight is 241 g/mol. The SMILES string of the molecule is O=C(O)C1CCC(I)N1. The van der Waals surface area contributed by atoms with Crippen LogP contribution in [0.15, 0.2) is 0 Å². The van der Waals surface area contributed by atoms with E-state index in [1.165, 1.54) is 0 Å². The van der Waals surface area contributed by atoms with Crippen molar-refractivity contribution in [1.82, 2.24) is 5.32 Å². The first kappa shape index (κ1) is 7.27. The van der Waals surface area contributed by atoms with Gasteiger partial charge in [-0.05, 0) is 12.8 Å². The lowest BCUT2D eigenvalue weighted by atomic mass is 10.2. The minimum atomic E-state index is -0.728. The van der Waals surface area contributed by atoms with E-state index in [1.807, 2.05) is 0 Å². The zero-order valence-corrected chi connectivity index (χ0v) is 6.96. The van der Waals surface area contributed by atoms with Gasteiger partial charge in [0.2, 0.25) is 0 Å². The second-order valence-electron chi connectivity index (χ2n) is 2.10. The van der Waals surface area contributed by atoms with Crippen molar-refractivity contribution in [3.63, 3.8) is 0 Å². The summed E-state index contributed by atoms with van der Waals surface area (Å²) in [7, 11) is 0. The van der Waals surface area contributed by atoms with E-state index in [9.17, 15) is 4.79 Å². The van der Waals surface area contributed by atoms with Crippen LogP contribution >= 0.6 is 22.6 Å². The molecule has 3 nitrogen and oxygen atoms in total. The molecule has 4 heteroatoms. The number of rotatable bonds is 1. The van der Waals surface area contributed by atoms with Gasteiger partial charge in [0.15, 0.2) is 0 Å². The Morgan fingerprint density at radius 3 is 2.56 bits per heavy atom. The van der Waals surface area contributed by atoms with E-state index in [0.29, 0.717) is 4.05 Å². The highest BCUT2D eigenvalue weighted by molar-refractivity contribution is 14.1. The lowest BCUT2D eigenvalue weighted by molar-refractivity contribution is -0.139. The zero-order valence-electron chi connectivity index (χ0n) is 4.80. The number of carboxylic acid groups (broad SMARTS) is 1. The summed E-state index contributed by atoms with van der Waals surface area (Å²) in [6.45, 7) is 0. The standard InChI is InChI=1S/C5H8INO2/c6-4-2-1-3(7-4)5(8)9/h3-4,7H,1-2H2,(H,8,9). The summed E-state index contributed by atoms with van der Waals surface area (Å²) in [5.74, 6) is -0.728. The molecule has 1 aliphatic rings. The largest absolute Gasteiger partial charge is 0.480 e. The minimum Gasteiger partial charge on any atom is -0.480 e. The predicted octanol–water partition coefficient (Wildman–Crippen LogP) is 0.584. The number of hydrogen-bond acceptors (Lipinski definition) is 2. The van der Waals surface area contributed by atoms with Crippen LogP contribution in [0.3, 0.4) is 0 Å². The van der Waals surface area contributed by atoms with Crippen molar-refractivity contribution in [3.05, 3.63) is 0 Å².